The topological polar surface area (TPSA) is 15.7 Å². The van der Waals surface area contributed by atoms with Gasteiger partial charge in [0.05, 0.1) is 19.3 Å². The van der Waals surface area contributed by atoms with Gasteiger partial charge in [-0.15, -0.1) is 0 Å². The molecule has 3 nitrogen and oxygen atoms in total. The van der Waals surface area contributed by atoms with E-state index >= 15 is 0 Å². The summed E-state index contributed by atoms with van der Waals surface area (Å²) in [4.78, 5) is 4.37. The fraction of sp³-hybridized carbons (Fsp3) is 0.161. The molecule has 1 aliphatic rings. The van der Waals surface area contributed by atoms with Gasteiger partial charge in [-0.2, -0.15) is 0 Å². The molecular weight excluding hydrogens is 558 g/mol. The van der Waals surface area contributed by atoms with Crippen LogP contribution in [0.25, 0.3) is 0 Å². The molecule has 0 aliphatic carbocycles. The van der Waals surface area contributed by atoms with E-state index in [9.17, 15) is 0 Å². The Balaban J connectivity index is 1.38. The van der Waals surface area contributed by atoms with Gasteiger partial charge in [-0.1, -0.05) is 125 Å². The van der Waals surface area contributed by atoms with Gasteiger partial charge < -0.3 is 14.5 Å². The largest absolute Gasteiger partial charge is 0.365 e. The quantitative estimate of drug-likeness (QED) is 0.144. The molecule has 38 heavy (non-hydrogen) atoms. The second-order valence-electron chi connectivity index (χ2n) is 9.08. The maximum atomic E-state index is 7.16. The molecule has 0 bridgehead atoms. The number of hydrogen-bond acceptors (Lipinski definition) is 3. The Hall–Kier alpha value is -2.66. The molecular formula is C31H26Cl4N2O. The number of ether oxygens (including phenoxy) is 1. The summed E-state index contributed by atoms with van der Waals surface area (Å²) in [5, 5.41) is 1.79. The van der Waals surface area contributed by atoms with Crippen molar-refractivity contribution >= 4 is 46.4 Å². The second-order valence-corrected chi connectivity index (χ2v) is 10.8. The van der Waals surface area contributed by atoms with Crippen LogP contribution in [0.3, 0.4) is 0 Å². The molecule has 4 aromatic carbocycles. The van der Waals surface area contributed by atoms with Crippen LogP contribution in [0.5, 0.6) is 0 Å². The maximum Gasteiger partial charge on any atom is 0.135 e. The molecule has 0 saturated heterocycles. The van der Waals surface area contributed by atoms with Crippen molar-refractivity contribution in [3.63, 3.8) is 0 Å². The van der Waals surface area contributed by atoms with Crippen molar-refractivity contribution in [1.82, 2.24) is 9.80 Å². The van der Waals surface area contributed by atoms with E-state index in [1.54, 1.807) is 12.1 Å². The number of nitrogens with zero attached hydrogens (tertiary/aromatic N) is 2. The zero-order chi connectivity index (χ0) is 26.5. The van der Waals surface area contributed by atoms with E-state index in [1.165, 1.54) is 11.1 Å². The SMILES string of the molecule is Clc1ccc(C(OCc2ccc(Cl)cc2Cl)C(Cl)N2C=CN(C(c3ccccc3)c3ccccc3)C2)cc1. The molecule has 0 spiro atoms. The molecule has 0 N–H and O–H groups in total. The van der Waals surface area contributed by atoms with Gasteiger partial charge in [0.25, 0.3) is 0 Å². The van der Waals surface area contributed by atoms with Gasteiger partial charge in [-0.3, -0.25) is 0 Å². The van der Waals surface area contributed by atoms with Crippen molar-refractivity contribution < 1.29 is 4.74 Å². The average molecular weight is 584 g/mol. The molecule has 1 aliphatic heterocycles. The lowest BCUT2D eigenvalue weighted by Crippen LogP contribution is -2.37. The molecule has 4 aromatic rings. The monoisotopic (exact) mass is 582 g/mol. The zero-order valence-electron chi connectivity index (χ0n) is 20.4. The Labute approximate surface area is 243 Å². The standard InChI is InChI=1S/C31H26Cl4N2O/c32-26-14-11-24(12-15-26)30(38-20-25-13-16-27(33)19-28(25)34)31(35)37-18-17-36(21-37)29(22-7-3-1-4-8-22)23-9-5-2-6-10-23/h1-19,29-31H,20-21H2. The average Bonchev–Trinajstić information content (AvgIpc) is 3.42. The molecule has 0 radical (unpaired) electrons. The first kappa shape index (κ1) is 26.9. The van der Waals surface area contributed by atoms with E-state index in [4.69, 9.17) is 51.1 Å². The van der Waals surface area contributed by atoms with Crippen molar-refractivity contribution in [2.24, 2.45) is 0 Å². The maximum absolute atomic E-state index is 7.16. The first-order valence-corrected chi connectivity index (χ1v) is 13.8. The van der Waals surface area contributed by atoms with Crippen LogP contribution >= 0.6 is 46.4 Å². The predicted molar refractivity (Wildman–Crippen MR) is 157 cm³/mol. The number of hydrogen-bond donors (Lipinski definition) is 0. The van der Waals surface area contributed by atoms with E-state index in [-0.39, 0.29) is 12.6 Å². The number of alkyl halides is 1. The molecule has 7 heteroatoms. The third-order valence-electron chi connectivity index (χ3n) is 6.54. The molecule has 2 unspecified atom stereocenters. The summed E-state index contributed by atoms with van der Waals surface area (Å²) < 4.78 is 6.42. The van der Waals surface area contributed by atoms with E-state index in [1.807, 2.05) is 48.7 Å². The summed E-state index contributed by atoms with van der Waals surface area (Å²) in [5.74, 6) is 0. The van der Waals surface area contributed by atoms with Crippen LogP contribution in [0.1, 0.15) is 34.4 Å². The predicted octanol–water partition coefficient (Wildman–Crippen LogP) is 9.31. The molecule has 5 rings (SSSR count). The van der Waals surface area contributed by atoms with Crippen molar-refractivity contribution in [1.29, 1.82) is 0 Å². The fourth-order valence-electron chi connectivity index (χ4n) is 4.61. The van der Waals surface area contributed by atoms with Gasteiger partial charge in [0, 0.05) is 27.5 Å². The van der Waals surface area contributed by atoms with Gasteiger partial charge in [-0.25, -0.2) is 0 Å². The highest BCUT2D eigenvalue weighted by Crippen LogP contribution is 2.36. The number of benzene rings is 4. The first-order chi connectivity index (χ1) is 18.5. The Kier molecular flexibility index (Phi) is 8.83. The van der Waals surface area contributed by atoms with Crippen LogP contribution in [-0.4, -0.2) is 22.0 Å². The minimum absolute atomic E-state index is 0.0466. The molecule has 194 valence electrons. The van der Waals surface area contributed by atoms with Crippen LogP contribution in [0.4, 0.5) is 0 Å². The molecule has 0 amide bonds. The van der Waals surface area contributed by atoms with Crippen molar-refractivity contribution in [3.8, 4) is 0 Å². The van der Waals surface area contributed by atoms with Crippen molar-refractivity contribution in [2.75, 3.05) is 6.67 Å². The normalized spacial score (nSPS) is 14.8. The van der Waals surface area contributed by atoms with Gasteiger partial charge in [-0.05, 0) is 46.5 Å². The Morgan fingerprint density at radius 3 is 1.84 bits per heavy atom. The summed E-state index contributed by atoms with van der Waals surface area (Å²) in [6.45, 7) is 0.877. The first-order valence-electron chi connectivity index (χ1n) is 12.2. The van der Waals surface area contributed by atoms with Crippen LogP contribution in [0.15, 0.2) is 116 Å². The van der Waals surface area contributed by atoms with Crippen LogP contribution in [0, 0.1) is 0 Å². The molecule has 0 saturated carbocycles. The molecule has 1 heterocycles. The van der Waals surface area contributed by atoms with Gasteiger partial charge in [0.15, 0.2) is 0 Å². The second kappa shape index (κ2) is 12.5. The summed E-state index contributed by atoms with van der Waals surface area (Å²) in [7, 11) is 0. The minimum Gasteiger partial charge on any atom is -0.365 e. The summed E-state index contributed by atoms with van der Waals surface area (Å²) in [5.41, 5.74) is 3.69. The van der Waals surface area contributed by atoms with Gasteiger partial charge in [0.1, 0.15) is 11.6 Å². The van der Waals surface area contributed by atoms with E-state index in [2.05, 4.69) is 64.5 Å². The molecule has 2 atom stereocenters. The van der Waals surface area contributed by atoms with E-state index in [0.29, 0.717) is 21.7 Å². The van der Waals surface area contributed by atoms with Gasteiger partial charge >= 0.3 is 0 Å². The van der Waals surface area contributed by atoms with Crippen LogP contribution in [0.2, 0.25) is 15.1 Å². The van der Waals surface area contributed by atoms with Crippen LogP contribution < -0.4 is 0 Å². The van der Waals surface area contributed by atoms with Crippen LogP contribution in [-0.2, 0) is 11.3 Å². The lowest BCUT2D eigenvalue weighted by molar-refractivity contribution is 0.00583. The third kappa shape index (κ3) is 6.31. The van der Waals surface area contributed by atoms with Crippen molar-refractivity contribution in [2.45, 2.75) is 24.3 Å². The highest BCUT2D eigenvalue weighted by Gasteiger charge is 2.32. The fourth-order valence-corrected chi connectivity index (χ4v) is 5.54. The number of rotatable bonds is 9. The van der Waals surface area contributed by atoms with Crippen molar-refractivity contribution in [3.05, 3.63) is 153 Å². The summed E-state index contributed by atoms with van der Waals surface area (Å²) in [6, 6.07) is 34.0. The third-order valence-corrected chi connectivity index (χ3v) is 7.86. The highest BCUT2D eigenvalue weighted by molar-refractivity contribution is 6.35. The Morgan fingerprint density at radius 2 is 1.24 bits per heavy atom. The lowest BCUT2D eigenvalue weighted by atomic mass is 9.98. The number of halogens is 4. The highest BCUT2D eigenvalue weighted by atomic mass is 35.5. The smallest absolute Gasteiger partial charge is 0.135 e. The molecule has 0 fully saturated rings. The Morgan fingerprint density at radius 1 is 0.658 bits per heavy atom. The summed E-state index contributed by atoms with van der Waals surface area (Å²) >= 11 is 25.8. The van der Waals surface area contributed by atoms with E-state index in [0.717, 1.165) is 11.1 Å². The molecule has 0 aromatic heterocycles. The lowest BCUT2D eigenvalue weighted by Gasteiger charge is -2.34. The summed E-state index contributed by atoms with van der Waals surface area (Å²) in [6.07, 6.45) is 3.67. The zero-order valence-corrected chi connectivity index (χ0v) is 23.5. The van der Waals surface area contributed by atoms with E-state index < -0.39 is 11.6 Å². The Bertz CT molecular complexity index is 1330. The minimum atomic E-state index is -0.490. The van der Waals surface area contributed by atoms with Gasteiger partial charge in [0.2, 0.25) is 0 Å².